The van der Waals surface area contributed by atoms with E-state index in [2.05, 4.69) is 25.4 Å². The van der Waals surface area contributed by atoms with Gasteiger partial charge in [0, 0.05) is 16.5 Å². The van der Waals surface area contributed by atoms with Crippen molar-refractivity contribution in [3.8, 4) is 0 Å². The van der Waals surface area contributed by atoms with E-state index in [1.54, 1.807) is 13.8 Å². The zero-order chi connectivity index (χ0) is 21.6. The second-order valence-corrected chi connectivity index (χ2v) is 6.93. The first-order valence-electron chi connectivity index (χ1n) is 9.11. The van der Waals surface area contributed by atoms with Gasteiger partial charge in [0.2, 0.25) is 0 Å². The molecule has 3 aromatic heterocycles. The second kappa shape index (κ2) is 7.05. The Morgan fingerprint density at radius 3 is 2.50 bits per heavy atom. The molecule has 4 rings (SSSR count). The van der Waals surface area contributed by atoms with E-state index in [9.17, 15) is 18.0 Å². The van der Waals surface area contributed by atoms with Gasteiger partial charge in [-0.05, 0) is 26.8 Å². The molecule has 0 spiro atoms. The first-order chi connectivity index (χ1) is 14.2. The number of nitrogens with one attached hydrogen (secondary N) is 1. The number of pyridine rings is 1. The van der Waals surface area contributed by atoms with Crippen LogP contribution >= 0.6 is 0 Å². The SMILES string of the molecule is Cc1nc2ccccc2c2c1c(C)nn2C(=O)N[C@H](C)c1cnc(C(F)(F)F)cn1. The third-order valence-corrected chi connectivity index (χ3v) is 4.81. The predicted molar refractivity (Wildman–Crippen MR) is 104 cm³/mol. The fourth-order valence-corrected chi connectivity index (χ4v) is 3.39. The molecule has 30 heavy (non-hydrogen) atoms. The van der Waals surface area contributed by atoms with Gasteiger partial charge in [0.25, 0.3) is 0 Å². The molecule has 0 bridgehead atoms. The number of nitrogens with zero attached hydrogens (tertiary/aromatic N) is 5. The normalized spacial score (nSPS) is 13.0. The highest BCUT2D eigenvalue weighted by Crippen LogP contribution is 2.29. The minimum Gasteiger partial charge on any atom is -0.328 e. The lowest BCUT2D eigenvalue weighted by Crippen LogP contribution is -2.32. The summed E-state index contributed by atoms with van der Waals surface area (Å²) in [6.45, 7) is 5.26. The van der Waals surface area contributed by atoms with Crippen molar-refractivity contribution in [3.63, 3.8) is 0 Å². The summed E-state index contributed by atoms with van der Waals surface area (Å²) in [4.78, 5) is 24.7. The number of benzene rings is 1. The quantitative estimate of drug-likeness (QED) is 0.528. The minimum absolute atomic E-state index is 0.201. The van der Waals surface area contributed by atoms with Gasteiger partial charge in [-0.3, -0.25) is 9.97 Å². The number of alkyl halides is 3. The largest absolute Gasteiger partial charge is 0.434 e. The van der Waals surface area contributed by atoms with Gasteiger partial charge in [0.05, 0.1) is 40.9 Å². The maximum absolute atomic E-state index is 13.0. The number of rotatable bonds is 2. The lowest BCUT2D eigenvalue weighted by molar-refractivity contribution is -0.141. The van der Waals surface area contributed by atoms with Crippen molar-refractivity contribution in [3.05, 3.63) is 59.4 Å². The molecule has 3 heterocycles. The smallest absolute Gasteiger partial charge is 0.328 e. The van der Waals surface area contributed by atoms with E-state index < -0.39 is 23.9 Å². The molecule has 7 nitrogen and oxygen atoms in total. The number of carbonyl (C=O) groups excluding carboxylic acids is 1. The number of carbonyl (C=O) groups is 1. The average Bonchev–Trinajstić information content (AvgIpc) is 3.06. The van der Waals surface area contributed by atoms with Crippen molar-refractivity contribution in [2.45, 2.75) is 33.0 Å². The van der Waals surface area contributed by atoms with E-state index in [0.717, 1.165) is 28.2 Å². The molecule has 0 saturated heterocycles. The lowest BCUT2D eigenvalue weighted by Gasteiger charge is -2.14. The molecule has 10 heteroatoms. The molecular formula is C20H17F3N6O. The number of hydrogen-bond donors (Lipinski definition) is 1. The van der Waals surface area contributed by atoms with Crippen LogP contribution in [0.15, 0.2) is 36.7 Å². The third kappa shape index (κ3) is 3.34. The third-order valence-electron chi connectivity index (χ3n) is 4.81. The average molecular weight is 414 g/mol. The topological polar surface area (TPSA) is 85.6 Å². The summed E-state index contributed by atoms with van der Waals surface area (Å²) < 4.78 is 39.3. The van der Waals surface area contributed by atoms with Crippen molar-refractivity contribution < 1.29 is 18.0 Å². The van der Waals surface area contributed by atoms with Crippen molar-refractivity contribution in [2.75, 3.05) is 0 Å². The molecule has 0 saturated carbocycles. The van der Waals surface area contributed by atoms with E-state index in [1.807, 2.05) is 31.2 Å². The lowest BCUT2D eigenvalue weighted by atomic mass is 10.1. The summed E-state index contributed by atoms with van der Waals surface area (Å²) in [6, 6.07) is 6.22. The van der Waals surface area contributed by atoms with Crippen LogP contribution in [-0.4, -0.2) is 30.8 Å². The van der Waals surface area contributed by atoms with Crippen LogP contribution in [0.3, 0.4) is 0 Å². The monoisotopic (exact) mass is 414 g/mol. The van der Waals surface area contributed by atoms with E-state index in [-0.39, 0.29) is 5.69 Å². The Morgan fingerprint density at radius 2 is 1.83 bits per heavy atom. The van der Waals surface area contributed by atoms with Gasteiger partial charge in [0.15, 0.2) is 5.69 Å². The number of aryl methyl sites for hydroxylation is 2. The molecule has 0 aliphatic carbocycles. The number of amides is 1. The van der Waals surface area contributed by atoms with Gasteiger partial charge in [-0.2, -0.15) is 23.0 Å². The molecule has 1 aromatic carbocycles. The van der Waals surface area contributed by atoms with Crippen LogP contribution in [0, 0.1) is 13.8 Å². The van der Waals surface area contributed by atoms with Gasteiger partial charge >= 0.3 is 12.2 Å². The number of fused-ring (bicyclic) bond motifs is 3. The van der Waals surface area contributed by atoms with Crippen LogP contribution < -0.4 is 5.32 Å². The summed E-state index contributed by atoms with van der Waals surface area (Å²) in [5.74, 6) is 0. The van der Waals surface area contributed by atoms with Crippen molar-refractivity contribution in [1.29, 1.82) is 0 Å². The van der Waals surface area contributed by atoms with E-state index in [4.69, 9.17) is 0 Å². The number of aromatic nitrogens is 5. The van der Waals surface area contributed by atoms with Gasteiger partial charge in [-0.25, -0.2) is 9.78 Å². The van der Waals surface area contributed by atoms with E-state index in [0.29, 0.717) is 17.4 Å². The summed E-state index contributed by atoms with van der Waals surface area (Å²) in [7, 11) is 0. The zero-order valence-electron chi connectivity index (χ0n) is 16.3. The fraction of sp³-hybridized carbons (Fsp3) is 0.250. The first kappa shape index (κ1) is 19.7. The van der Waals surface area contributed by atoms with Crippen molar-refractivity contribution >= 4 is 27.8 Å². The van der Waals surface area contributed by atoms with E-state index >= 15 is 0 Å². The number of hydrogen-bond acceptors (Lipinski definition) is 5. The van der Waals surface area contributed by atoms with Crippen LogP contribution in [0.5, 0.6) is 0 Å². The second-order valence-electron chi connectivity index (χ2n) is 6.93. The van der Waals surface area contributed by atoms with Gasteiger partial charge < -0.3 is 5.32 Å². The van der Waals surface area contributed by atoms with Crippen LogP contribution in [0.25, 0.3) is 21.8 Å². The summed E-state index contributed by atoms with van der Waals surface area (Å²) in [5, 5.41) is 8.65. The highest BCUT2D eigenvalue weighted by Gasteiger charge is 2.33. The zero-order valence-corrected chi connectivity index (χ0v) is 16.3. The Hall–Kier alpha value is -3.56. The molecular weight excluding hydrogens is 397 g/mol. The van der Waals surface area contributed by atoms with Gasteiger partial charge in [-0.15, -0.1) is 0 Å². The molecule has 0 aliphatic heterocycles. The molecule has 1 N–H and O–H groups in total. The Bertz CT molecular complexity index is 1260. The molecule has 1 amide bonds. The highest BCUT2D eigenvalue weighted by atomic mass is 19.4. The molecule has 0 radical (unpaired) electrons. The van der Waals surface area contributed by atoms with E-state index in [1.165, 1.54) is 4.68 Å². The molecule has 0 unspecified atom stereocenters. The number of halogens is 3. The van der Waals surface area contributed by atoms with Gasteiger partial charge in [-0.1, -0.05) is 18.2 Å². The summed E-state index contributed by atoms with van der Waals surface area (Å²) in [6.07, 6.45) is -2.92. The maximum atomic E-state index is 13.0. The molecule has 4 aromatic rings. The Labute approximate surface area is 169 Å². The molecule has 0 aliphatic rings. The van der Waals surface area contributed by atoms with Gasteiger partial charge in [0.1, 0.15) is 0 Å². The molecule has 1 atom stereocenters. The minimum atomic E-state index is -4.57. The maximum Gasteiger partial charge on any atom is 0.434 e. The summed E-state index contributed by atoms with van der Waals surface area (Å²) in [5.41, 5.74) is 1.87. The van der Waals surface area contributed by atoms with Crippen LogP contribution in [-0.2, 0) is 6.18 Å². The molecule has 154 valence electrons. The molecule has 0 fully saturated rings. The van der Waals surface area contributed by atoms with Crippen LogP contribution in [0.4, 0.5) is 18.0 Å². The number of para-hydroxylation sites is 1. The summed E-state index contributed by atoms with van der Waals surface area (Å²) >= 11 is 0. The first-order valence-corrected chi connectivity index (χ1v) is 9.11. The standard InChI is InChI=1S/C20H17F3N6O/c1-10(15-8-25-16(9-24-15)20(21,22)23)27-19(30)29-18-13-6-4-5-7-14(13)26-11(2)17(18)12(3)28-29/h4-10H,1-3H3,(H,27,30)/t10-/m1/s1. The van der Waals surface area contributed by atoms with Crippen molar-refractivity contribution in [1.82, 2.24) is 30.0 Å². The van der Waals surface area contributed by atoms with Crippen molar-refractivity contribution in [2.24, 2.45) is 0 Å². The highest BCUT2D eigenvalue weighted by molar-refractivity contribution is 6.08. The van der Waals surface area contributed by atoms with Crippen LogP contribution in [0.2, 0.25) is 0 Å². The Morgan fingerprint density at radius 1 is 1.10 bits per heavy atom. The Kier molecular flexibility index (Phi) is 4.64. The Balaban J connectivity index is 1.70. The van der Waals surface area contributed by atoms with Crippen LogP contribution in [0.1, 0.15) is 35.7 Å². The predicted octanol–water partition coefficient (Wildman–Crippen LogP) is 4.33. The fourth-order valence-electron chi connectivity index (χ4n) is 3.39.